The molecule has 1 N–H and O–H groups in total. The highest BCUT2D eigenvalue weighted by atomic mass is 19.4. The molecule has 3 aromatic heterocycles. The maximum atomic E-state index is 13.4. The Morgan fingerprint density at radius 2 is 1.57 bits per heavy atom. The Morgan fingerprint density at radius 1 is 0.826 bits per heavy atom. The van der Waals surface area contributed by atoms with Crippen LogP contribution in [0.4, 0.5) is 13.2 Å². The van der Waals surface area contributed by atoms with E-state index in [0.717, 1.165) is 34.2 Å². The molecule has 0 bridgehead atoms. The third-order valence-electron chi connectivity index (χ3n) is 7.19. The molecular weight excluding hydrogens is 587 g/mol. The minimum Gasteiger partial charge on any atom is -0.392 e. The van der Waals surface area contributed by atoms with Gasteiger partial charge in [0.15, 0.2) is 0 Å². The maximum Gasteiger partial charge on any atom is 0.416 e. The second kappa shape index (κ2) is 15.3. The fraction of sp³-hybridized carbons (Fsp3) is 0.184. The quantitative estimate of drug-likeness (QED) is 0.224. The van der Waals surface area contributed by atoms with E-state index in [9.17, 15) is 18.0 Å². The van der Waals surface area contributed by atoms with Crippen molar-refractivity contribution in [3.63, 3.8) is 0 Å². The zero-order chi connectivity index (χ0) is 33.3. The normalized spacial score (nSPS) is 12.0. The van der Waals surface area contributed by atoms with Crippen molar-refractivity contribution in [3.05, 3.63) is 147 Å². The van der Waals surface area contributed by atoms with Gasteiger partial charge in [-0.05, 0) is 67.8 Å². The summed E-state index contributed by atoms with van der Waals surface area (Å²) in [7, 11) is 0. The van der Waals surface area contributed by atoms with E-state index >= 15 is 0 Å². The van der Waals surface area contributed by atoms with Gasteiger partial charge in [-0.1, -0.05) is 80.1 Å². The average molecular weight is 624 g/mol. The number of hydrogen-bond acceptors (Lipinski definition) is 4. The molecule has 46 heavy (non-hydrogen) atoms. The number of halogens is 3. The molecule has 3 heterocycles. The largest absolute Gasteiger partial charge is 0.416 e. The predicted molar refractivity (Wildman–Crippen MR) is 180 cm³/mol. The lowest BCUT2D eigenvalue weighted by molar-refractivity contribution is -0.137. The molecule has 0 fully saturated rings. The number of para-hydroxylation sites is 1. The topological polar surface area (TPSA) is 68.0 Å². The predicted octanol–water partition coefficient (Wildman–Crippen LogP) is 7.29. The van der Waals surface area contributed by atoms with Crippen molar-refractivity contribution < 1.29 is 18.3 Å². The fourth-order valence-corrected chi connectivity index (χ4v) is 4.91. The molecule has 0 saturated carbocycles. The Hall–Kier alpha value is -5.08. The molecule has 6 aromatic rings. The Balaban J connectivity index is 0.000000374. The summed E-state index contributed by atoms with van der Waals surface area (Å²) >= 11 is 0. The number of aryl methyl sites for hydroxylation is 1. The second-order valence-electron chi connectivity index (χ2n) is 10.3. The van der Waals surface area contributed by atoms with E-state index in [-0.39, 0.29) is 12.3 Å². The van der Waals surface area contributed by atoms with Gasteiger partial charge in [-0.2, -0.15) is 13.2 Å². The first-order valence-electron chi connectivity index (χ1n) is 15.0. The Kier molecular flexibility index (Phi) is 11.2. The van der Waals surface area contributed by atoms with Crippen LogP contribution in [0.1, 0.15) is 43.0 Å². The van der Waals surface area contributed by atoms with Crippen LogP contribution in [0.3, 0.4) is 0 Å². The van der Waals surface area contributed by atoms with Crippen molar-refractivity contribution in [2.45, 2.75) is 46.9 Å². The average Bonchev–Trinajstić information content (AvgIpc) is 3.08. The first-order chi connectivity index (χ1) is 22.2. The van der Waals surface area contributed by atoms with Gasteiger partial charge in [0, 0.05) is 40.1 Å². The van der Waals surface area contributed by atoms with Gasteiger partial charge >= 0.3 is 6.18 Å². The molecule has 0 amide bonds. The molecule has 0 unspecified atom stereocenters. The fourth-order valence-electron chi connectivity index (χ4n) is 4.91. The lowest BCUT2D eigenvalue weighted by Crippen LogP contribution is -2.33. The zero-order valence-electron chi connectivity index (χ0n) is 26.2. The highest BCUT2D eigenvalue weighted by molar-refractivity contribution is 5.82. The van der Waals surface area contributed by atoms with Crippen LogP contribution in [0.25, 0.3) is 39.6 Å². The molecule has 0 aliphatic rings. The molecule has 0 aliphatic heterocycles. The Labute approximate surface area is 265 Å². The first-order valence-corrected chi connectivity index (χ1v) is 15.0. The number of aromatic nitrogens is 3. The summed E-state index contributed by atoms with van der Waals surface area (Å²) in [6.07, 6.45) is 3.17. The van der Waals surface area contributed by atoms with Crippen LogP contribution in [-0.2, 0) is 19.2 Å². The van der Waals surface area contributed by atoms with Gasteiger partial charge < -0.3 is 5.11 Å². The van der Waals surface area contributed by atoms with E-state index in [0.29, 0.717) is 27.9 Å². The number of hydrogen-bond donors (Lipinski definition) is 1. The molecule has 0 atom stereocenters. The number of aliphatic hydroxyl groups excluding tert-OH is 1. The molecule has 0 saturated heterocycles. The second-order valence-corrected chi connectivity index (χ2v) is 10.3. The van der Waals surface area contributed by atoms with Crippen LogP contribution in [-0.4, -0.2) is 19.6 Å². The molecule has 0 spiro atoms. The highest BCUT2D eigenvalue weighted by Gasteiger charge is 2.30. The number of aliphatic hydroxyl groups is 1. The number of fused-ring (bicyclic) bond motifs is 2. The molecular formula is C38H36F3N3O2. The summed E-state index contributed by atoms with van der Waals surface area (Å²) in [4.78, 5) is 22.0. The van der Waals surface area contributed by atoms with E-state index in [1.807, 2.05) is 94.4 Å². The van der Waals surface area contributed by atoms with Crippen molar-refractivity contribution in [3.8, 4) is 5.69 Å². The van der Waals surface area contributed by atoms with Gasteiger partial charge in [0.25, 0.3) is 5.56 Å². The molecule has 236 valence electrons. The number of benzene rings is 3. The molecule has 8 heteroatoms. The van der Waals surface area contributed by atoms with Crippen LogP contribution < -0.4 is 16.1 Å². The number of pyridine rings is 3. The van der Waals surface area contributed by atoms with E-state index < -0.39 is 17.3 Å². The maximum absolute atomic E-state index is 13.4. The summed E-state index contributed by atoms with van der Waals surface area (Å²) in [6.45, 7) is 8.00. The SMILES string of the molecule is C/C=c1/ncc2ccc(=O)n(-c3cccc(C(F)(F)F)c3)c2/c1=C/Cc1cnc2ccccc2c1.CC.Cc1ccc(CO)cc1. The minimum atomic E-state index is -4.52. The lowest BCUT2D eigenvalue weighted by Gasteiger charge is -2.14. The Morgan fingerprint density at radius 3 is 2.26 bits per heavy atom. The van der Waals surface area contributed by atoms with E-state index in [2.05, 4.69) is 9.97 Å². The van der Waals surface area contributed by atoms with Crippen LogP contribution in [0.5, 0.6) is 0 Å². The van der Waals surface area contributed by atoms with Gasteiger partial charge in [0.1, 0.15) is 0 Å². The van der Waals surface area contributed by atoms with Gasteiger partial charge in [0.2, 0.25) is 0 Å². The minimum absolute atomic E-state index is 0.139. The molecule has 3 aromatic carbocycles. The number of rotatable bonds is 4. The van der Waals surface area contributed by atoms with Gasteiger partial charge in [0.05, 0.1) is 28.6 Å². The van der Waals surface area contributed by atoms with Crippen molar-refractivity contribution >= 4 is 34.0 Å². The molecule has 5 nitrogen and oxygen atoms in total. The zero-order valence-corrected chi connectivity index (χ0v) is 26.2. The van der Waals surface area contributed by atoms with Crippen molar-refractivity contribution in [1.29, 1.82) is 0 Å². The third kappa shape index (κ3) is 7.95. The smallest absolute Gasteiger partial charge is 0.392 e. The first kappa shape index (κ1) is 33.8. The van der Waals surface area contributed by atoms with E-state index in [1.54, 1.807) is 18.5 Å². The van der Waals surface area contributed by atoms with E-state index in [1.165, 1.54) is 28.3 Å². The molecule has 6 rings (SSSR count). The monoisotopic (exact) mass is 623 g/mol. The van der Waals surface area contributed by atoms with Crippen molar-refractivity contribution in [2.24, 2.45) is 0 Å². The molecule has 0 aliphatic carbocycles. The summed E-state index contributed by atoms with van der Waals surface area (Å²) in [6, 6.07) is 25.5. The third-order valence-corrected chi connectivity index (χ3v) is 7.19. The van der Waals surface area contributed by atoms with Crippen LogP contribution >= 0.6 is 0 Å². The number of alkyl halides is 3. The van der Waals surface area contributed by atoms with E-state index in [4.69, 9.17) is 5.11 Å². The number of nitrogens with zero attached hydrogens (tertiary/aromatic N) is 3. The highest BCUT2D eigenvalue weighted by Crippen LogP contribution is 2.30. The summed E-state index contributed by atoms with van der Waals surface area (Å²) in [5, 5.41) is 11.6. The van der Waals surface area contributed by atoms with Gasteiger partial charge in [-0.15, -0.1) is 0 Å². The van der Waals surface area contributed by atoms with Crippen LogP contribution in [0.2, 0.25) is 0 Å². The van der Waals surface area contributed by atoms with Crippen molar-refractivity contribution in [1.82, 2.24) is 14.5 Å². The summed E-state index contributed by atoms with van der Waals surface area (Å²) in [5.41, 5.74) is 3.47. The van der Waals surface area contributed by atoms with Crippen LogP contribution in [0.15, 0.2) is 108 Å². The van der Waals surface area contributed by atoms with Crippen LogP contribution in [0, 0.1) is 6.92 Å². The van der Waals surface area contributed by atoms with Gasteiger partial charge in [-0.3, -0.25) is 19.3 Å². The molecule has 0 radical (unpaired) electrons. The summed E-state index contributed by atoms with van der Waals surface area (Å²) < 4.78 is 41.5. The van der Waals surface area contributed by atoms with Gasteiger partial charge in [-0.25, -0.2) is 0 Å². The van der Waals surface area contributed by atoms with Crippen molar-refractivity contribution in [2.75, 3.05) is 0 Å². The standard InChI is InChI=1S/C28H20F3N3O.C8H10O.C2H6/c1-2-24-23(12-10-18-14-19-6-3-4-9-25(19)32-16-18)27-20(17-33-24)11-13-26(35)34(27)22-8-5-7-21(15-22)28(29,30)31;1-7-2-4-8(6-9)5-3-7;1-2/h2-9,11-17H,10H2,1H3;2-5,9H,6H2,1H3;1-2H3/b23-12+,24-2+;;. The Bertz CT molecular complexity index is 2120. The lowest BCUT2D eigenvalue weighted by atomic mass is 10.1. The summed E-state index contributed by atoms with van der Waals surface area (Å²) in [5.74, 6) is 0.